The van der Waals surface area contributed by atoms with E-state index in [9.17, 15) is 23.1 Å². The van der Waals surface area contributed by atoms with Crippen LogP contribution in [0.3, 0.4) is 0 Å². The van der Waals surface area contributed by atoms with Crippen molar-refractivity contribution in [2.75, 3.05) is 26.2 Å². The maximum Gasteiger partial charge on any atom is 0.419 e. The van der Waals surface area contributed by atoms with E-state index in [1.807, 2.05) is 0 Å². The Morgan fingerprint density at radius 3 is 2.65 bits per heavy atom. The quantitative estimate of drug-likeness (QED) is 0.697. The number of alkyl halides is 3. The van der Waals surface area contributed by atoms with Crippen molar-refractivity contribution in [2.24, 2.45) is 5.92 Å². The van der Waals surface area contributed by atoms with Crippen molar-refractivity contribution in [2.45, 2.75) is 24.6 Å². The van der Waals surface area contributed by atoms with Crippen molar-refractivity contribution in [3.05, 3.63) is 0 Å². The van der Waals surface area contributed by atoms with Gasteiger partial charge in [-0.25, -0.2) is 0 Å². The summed E-state index contributed by atoms with van der Waals surface area (Å²) in [5.74, 6) is -0.527. The lowest BCUT2D eigenvalue weighted by atomic mass is 10.0. The smallest absolute Gasteiger partial charge is 0.379 e. The van der Waals surface area contributed by atoms with Gasteiger partial charge in [0.2, 0.25) is 5.91 Å². The van der Waals surface area contributed by atoms with E-state index in [1.165, 1.54) is 0 Å². The van der Waals surface area contributed by atoms with Gasteiger partial charge in [0.1, 0.15) is 0 Å². The van der Waals surface area contributed by atoms with Gasteiger partial charge in [-0.2, -0.15) is 13.2 Å². The lowest BCUT2D eigenvalue weighted by molar-refractivity contribution is -0.253. The molecule has 98 valence electrons. The van der Waals surface area contributed by atoms with Gasteiger partial charge in [0.05, 0.1) is 12.5 Å². The van der Waals surface area contributed by atoms with Gasteiger partial charge in [-0.15, -0.1) is 0 Å². The number of nitrogens with zero attached hydrogens (tertiary/aromatic N) is 1. The molecule has 0 bridgehead atoms. The molecule has 0 aromatic carbocycles. The Morgan fingerprint density at radius 2 is 2.18 bits per heavy atom. The van der Waals surface area contributed by atoms with E-state index in [4.69, 9.17) is 0 Å². The number of carbonyl (C=O) groups excluding carboxylic acids is 1. The summed E-state index contributed by atoms with van der Waals surface area (Å²) in [5, 5.41) is 12.5. The molecule has 0 aromatic rings. The molecule has 2 atom stereocenters. The molecule has 4 nitrogen and oxygen atoms in total. The van der Waals surface area contributed by atoms with Crippen molar-refractivity contribution in [1.29, 1.82) is 0 Å². The van der Waals surface area contributed by atoms with Crippen LogP contribution in [-0.2, 0) is 4.79 Å². The van der Waals surface area contributed by atoms with E-state index < -0.39 is 24.7 Å². The molecule has 2 N–H and O–H groups in total. The number of β-amino-alcohol motifs (C(OH)–C–C–N with tert-alkyl or cyclic N) is 1. The Morgan fingerprint density at radius 1 is 1.47 bits per heavy atom. The number of rotatable bonds is 1. The van der Waals surface area contributed by atoms with Gasteiger partial charge in [-0.05, 0) is 13.0 Å². The zero-order valence-electron chi connectivity index (χ0n) is 9.26. The number of halogens is 3. The summed E-state index contributed by atoms with van der Waals surface area (Å²) >= 11 is 0. The summed E-state index contributed by atoms with van der Waals surface area (Å²) in [5.41, 5.74) is -2.73. The molecule has 2 unspecified atom stereocenters. The summed E-state index contributed by atoms with van der Waals surface area (Å²) in [6.07, 6.45) is -4.45. The number of aliphatic hydroxyl groups is 1. The van der Waals surface area contributed by atoms with Crippen LogP contribution in [0, 0.1) is 5.92 Å². The van der Waals surface area contributed by atoms with Crippen LogP contribution in [-0.4, -0.2) is 53.9 Å². The maximum atomic E-state index is 12.6. The highest BCUT2D eigenvalue weighted by Gasteiger charge is 2.58. The first-order chi connectivity index (χ1) is 7.83. The Labute approximate surface area is 96.8 Å². The minimum atomic E-state index is -4.67. The van der Waals surface area contributed by atoms with Gasteiger partial charge in [0, 0.05) is 19.5 Å². The number of hydrogen-bond donors (Lipinski definition) is 2. The van der Waals surface area contributed by atoms with Gasteiger partial charge in [0.15, 0.2) is 5.60 Å². The minimum absolute atomic E-state index is 0.0225. The largest absolute Gasteiger partial charge is 0.419 e. The lowest BCUT2D eigenvalue weighted by Crippen LogP contribution is -2.48. The second kappa shape index (κ2) is 4.13. The standard InChI is InChI=1S/C10H15F3N2O2/c11-10(12,13)9(17)2-4-15(6-9)8(16)7-1-3-14-5-7/h7,14,17H,1-6H2. The lowest BCUT2D eigenvalue weighted by Gasteiger charge is -2.26. The Bertz CT molecular complexity index is 315. The molecule has 0 aliphatic carbocycles. The molecular weight excluding hydrogens is 237 g/mol. The van der Waals surface area contributed by atoms with Crippen molar-refractivity contribution in [1.82, 2.24) is 10.2 Å². The zero-order chi connectivity index (χ0) is 12.7. The Hall–Kier alpha value is -0.820. The monoisotopic (exact) mass is 252 g/mol. The normalized spacial score (nSPS) is 34.4. The topological polar surface area (TPSA) is 52.6 Å². The van der Waals surface area contributed by atoms with E-state index in [-0.39, 0.29) is 18.4 Å². The first kappa shape index (κ1) is 12.6. The van der Waals surface area contributed by atoms with Crippen molar-refractivity contribution in [3.8, 4) is 0 Å². The molecule has 1 amide bonds. The molecule has 0 saturated carbocycles. The van der Waals surface area contributed by atoms with Gasteiger partial charge in [-0.1, -0.05) is 0 Å². The predicted molar refractivity (Wildman–Crippen MR) is 53.2 cm³/mol. The fraction of sp³-hybridized carbons (Fsp3) is 0.900. The molecule has 7 heteroatoms. The second-order valence-corrected chi connectivity index (χ2v) is 4.73. The van der Waals surface area contributed by atoms with Crippen LogP contribution >= 0.6 is 0 Å². The van der Waals surface area contributed by atoms with E-state index in [1.54, 1.807) is 0 Å². The van der Waals surface area contributed by atoms with Crippen LogP contribution in [0.2, 0.25) is 0 Å². The molecule has 2 saturated heterocycles. The first-order valence-corrected chi connectivity index (χ1v) is 5.62. The molecule has 2 aliphatic heterocycles. The van der Waals surface area contributed by atoms with Crippen LogP contribution in [0.25, 0.3) is 0 Å². The number of hydrogen-bond acceptors (Lipinski definition) is 3. The number of nitrogens with one attached hydrogen (secondary N) is 1. The summed E-state index contributed by atoms with van der Waals surface area (Å²) < 4.78 is 37.7. The Balaban J connectivity index is 2.00. The molecule has 2 aliphatic rings. The Kier molecular flexibility index (Phi) is 3.07. The SMILES string of the molecule is O=C(C1CCNC1)N1CCC(O)(C(F)(F)F)C1. The fourth-order valence-electron chi connectivity index (χ4n) is 2.34. The number of likely N-dealkylation sites (tertiary alicyclic amines) is 1. The molecule has 0 spiro atoms. The molecule has 0 radical (unpaired) electrons. The van der Waals surface area contributed by atoms with Gasteiger partial charge in [0.25, 0.3) is 0 Å². The second-order valence-electron chi connectivity index (χ2n) is 4.73. The van der Waals surface area contributed by atoms with Crippen molar-refractivity contribution >= 4 is 5.91 Å². The predicted octanol–water partition coefficient (Wildman–Crippen LogP) is 0.122. The van der Waals surface area contributed by atoms with Crippen LogP contribution in [0.4, 0.5) is 13.2 Å². The molecular formula is C10H15F3N2O2. The van der Waals surface area contributed by atoms with E-state index in [0.29, 0.717) is 19.5 Å². The van der Waals surface area contributed by atoms with Crippen LogP contribution in [0.15, 0.2) is 0 Å². The van der Waals surface area contributed by atoms with Gasteiger partial charge >= 0.3 is 6.18 Å². The highest BCUT2D eigenvalue weighted by Crippen LogP contribution is 2.38. The molecule has 2 fully saturated rings. The van der Waals surface area contributed by atoms with E-state index >= 15 is 0 Å². The minimum Gasteiger partial charge on any atom is -0.379 e. The number of amides is 1. The highest BCUT2D eigenvalue weighted by atomic mass is 19.4. The zero-order valence-corrected chi connectivity index (χ0v) is 9.26. The highest BCUT2D eigenvalue weighted by molar-refractivity contribution is 5.79. The molecule has 2 heterocycles. The third-order valence-corrected chi connectivity index (χ3v) is 3.50. The molecule has 2 rings (SSSR count). The third-order valence-electron chi connectivity index (χ3n) is 3.50. The summed E-state index contributed by atoms with van der Waals surface area (Å²) in [6, 6.07) is 0. The van der Waals surface area contributed by atoms with E-state index in [0.717, 1.165) is 4.90 Å². The van der Waals surface area contributed by atoms with Crippen LogP contribution in [0.5, 0.6) is 0 Å². The summed E-state index contributed by atoms with van der Waals surface area (Å²) in [7, 11) is 0. The third kappa shape index (κ3) is 2.26. The van der Waals surface area contributed by atoms with Gasteiger partial charge in [-0.3, -0.25) is 4.79 Å². The van der Waals surface area contributed by atoms with E-state index in [2.05, 4.69) is 5.32 Å². The van der Waals surface area contributed by atoms with Crippen molar-refractivity contribution in [3.63, 3.8) is 0 Å². The average molecular weight is 252 g/mol. The van der Waals surface area contributed by atoms with Crippen LogP contribution < -0.4 is 5.32 Å². The number of carbonyl (C=O) groups is 1. The molecule has 0 aromatic heterocycles. The van der Waals surface area contributed by atoms with Gasteiger partial charge < -0.3 is 15.3 Å². The average Bonchev–Trinajstić information content (AvgIpc) is 2.84. The van der Waals surface area contributed by atoms with Crippen molar-refractivity contribution < 1.29 is 23.1 Å². The molecule has 17 heavy (non-hydrogen) atoms. The van der Waals surface area contributed by atoms with Crippen LogP contribution in [0.1, 0.15) is 12.8 Å². The maximum absolute atomic E-state index is 12.6. The first-order valence-electron chi connectivity index (χ1n) is 5.62. The summed E-state index contributed by atoms with van der Waals surface area (Å²) in [4.78, 5) is 13.0. The summed E-state index contributed by atoms with van der Waals surface area (Å²) in [6.45, 7) is 0.574. The fourth-order valence-corrected chi connectivity index (χ4v) is 2.34.